The number of rotatable bonds is 3. The second kappa shape index (κ2) is 3.96. The van der Waals surface area contributed by atoms with Crippen LogP contribution in [0.4, 0.5) is 0 Å². The minimum Gasteiger partial charge on any atom is -0.393 e. The van der Waals surface area contributed by atoms with Crippen molar-refractivity contribution in [3.8, 4) is 0 Å². The molecule has 0 unspecified atom stereocenters. The third-order valence-corrected chi connectivity index (χ3v) is 2.76. The van der Waals surface area contributed by atoms with E-state index >= 15 is 0 Å². The minimum atomic E-state index is -0.259. The minimum absolute atomic E-state index is 0.259. The first-order chi connectivity index (χ1) is 5.59. The number of hydrogen-bond donors (Lipinski definition) is 1. The van der Waals surface area contributed by atoms with Crippen molar-refractivity contribution in [1.82, 2.24) is 9.78 Å². The monoisotopic (exact) mass is 186 g/mol. The molecular weight excluding hydrogens is 172 g/mol. The van der Waals surface area contributed by atoms with Gasteiger partial charge in [-0.25, -0.2) is 0 Å². The van der Waals surface area contributed by atoms with Crippen molar-refractivity contribution in [1.29, 1.82) is 0 Å². The van der Waals surface area contributed by atoms with Crippen LogP contribution in [0.3, 0.4) is 0 Å². The lowest BCUT2D eigenvalue weighted by Crippen LogP contribution is -2.03. The zero-order valence-electron chi connectivity index (χ0n) is 7.61. The number of aryl methyl sites for hydroxylation is 2. The Morgan fingerprint density at radius 3 is 2.83 bits per heavy atom. The molecular formula is C8H14N2OS. The highest BCUT2D eigenvalue weighted by atomic mass is 32.2. The highest BCUT2D eigenvalue weighted by molar-refractivity contribution is 7.99. The number of aliphatic hydroxyl groups is 1. The van der Waals surface area contributed by atoms with Crippen LogP contribution in [0.5, 0.6) is 0 Å². The van der Waals surface area contributed by atoms with Crippen molar-refractivity contribution in [2.75, 3.05) is 5.75 Å². The van der Waals surface area contributed by atoms with Gasteiger partial charge in [-0.15, -0.1) is 11.8 Å². The Morgan fingerprint density at radius 1 is 1.75 bits per heavy atom. The summed E-state index contributed by atoms with van der Waals surface area (Å²) >= 11 is 1.63. The highest BCUT2D eigenvalue weighted by Crippen LogP contribution is 2.18. The van der Waals surface area contributed by atoms with Gasteiger partial charge in [0.15, 0.2) is 0 Å². The van der Waals surface area contributed by atoms with Gasteiger partial charge in [-0.3, -0.25) is 4.68 Å². The van der Waals surface area contributed by atoms with E-state index in [1.54, 1.807) is 18.7 Å². The van der Waals surface area contributed by atoms with Crippen LogP contribution in [-0.4, -0.2) is 26.7 Å². The normalized spacial score (nSPS) is 13.3. The molecule has 0 amide bonds. The van der Waals surface area contributed by atoms with E-state index in [4.69, 9.17) is 5.11 Å². The zero-order valence-corrected chi connectivity index (χ0v) is 8.43. The summed E-state index contributed by atoms with van der Waals surface area (Å²) in [5.74, 6) is 0.721. The van der Waals surface area contributed by atoms with Gasteiger partial charge in [-0.05, 0) is 19.9 Å². The van der Waals surface area contributed by atoms with E-state index in [-0.39, 0.29) is 6.10 Å². The molecule has 0 aliphatic rings. The SMILES string of the molecule is Cc1cc(SC[C@@H](C)O)n(C)n1. The van der Waals surface area contributed by atoms with Crippen molar-refractivity contribution >= 4 is 11.8 Å². The predicted molar refractivity (Wildman–Crippen MR) is 50.3 cm³/mol. The quantitative estimate of drug-likeness (QED) is 0.721. The summed E-state index contributed by atoms with van der Waals surface area (Å²) in [5, 5.41) is 14.4. The lowest BCUT2D eigenvalue weighted by atomic mass is 10.5. The second-order valence-electron chi connectivity index (χ2n) is 2.91. The zero-order chi connectivity index (χ0) is 9.14. The van der Waals surface area contributed by atoms with Crippen LogP contribution in [0.1, 0.15) is 12.6 Å². The van der Waals surface area contributed by atoms with E-state index in [0.717, 1.165) is 16.5 Å². The summed E-state index contributed by atoms with van der Waals surface area (Å²) in [6.07, 6.45) is -0.259. The lowest BCUT2D eigenvalue weighted by molar-refractivity contribution is 0.220. The van der Waals surface area contributed by atoms with Gasteiger partial charge in [-0.1, -0.05) is 0 Å². The molecule has 0 aliphatic carbocycles. The summed E-state index contributed by atoms with van der Waals surface area (Å²) in [6.45, 7) is 3.75. The molecule has 4 heteroatoms. The second-order valence-corrected chi connectivity index (χ2v) is 3.95. The van der Waals surface area contributed by atoms with Gasteiger partial charge in [0, 0.05) is 12.8 Å². The fraction of sp³-hybridized carbons (Fsp3) is 0.625. The summed E-state index contributed by atoms with van der Waals surface area (Å²) < 4.78 is 1.84. The Labute approximate surface area is 76.8 Å². The van der Waals surface area contributed by atoms with Gasteiger partial charge in [0.25, 0.3) is 0 Å². The third-order valence-electron chi connectivity index (χ3n) is 1.43. The first-order valence-electron chi connectivity index (χ1n) is 3.91. The van der Waals surface area contributed by atoms with E-state index in [9.17, 15) is 0 Å². The van der Waals surface area contributed by atoms with Crippen LogP contribution in [0.2, 0.25) is 0 Å². The molecule has 0 aromatic carbocycles. The van der Waals surface area contributed by atoms with Crippen molar-refractivity contribution < 1.29 is 5.11 Å². The molecule has 1 aromatic heterocycles. The number of aromatic nitrogens is 2. The molecule has 0 bridgehead atoms. The molecule has 12 heavy (non-hydrogen) atoms. The molecule has 0 aliphatic heterocycles. The van der Waals surface area contributed by atoms with E-state index in [2.05, 4.69) is 5.10 Å². The van der Waals surface area contributed by atoms with Crippen molar-refractivity contribution in [2.24, 2.45) is 7.05 Å². The predicted octanol–water partition coefficient (Wildman–Crippen LogP) is 1.20. The van der Waals surface area contributed by atoms with Crippen LogP contribution >= 0.6 is 11.8 Å². The Kier molecular flexibility index (Phi) is 3.17. The molecule has 1 heterocycles. The Hall–Kier alpha value is -0.480. The molecule has 1 N–H and O–H groups in total. The van der Waals surface area contributed by atoms with Crippen LogP contribution in [-0.2, 0) is 7.05 Å². The number of nitrogens with zero attached hydrogens (tertiary/aromatic N) is 2. The van der Waals surface area contributed by atoms with E-state index < -0.39 is 0 Å². The molecule has 0 fully saturated rings. The van der Waals surface area contributed by atoms with Gasteiger partial charge < -0.3 is 5.11 Å². The molecule has 0 saturated carbocycles. The smallest absolute Gasteiger partial charge is 0.0940 e. The third kappa shape index (κ3) is 2.53. The number of thioether (sulfide) groups is 1. The van der Waals surface area contributed by atoms with E-state index in [1.807, 2.05) is 24.7 Å². The van der Waals surface area contributed by atoms with Gasteiger partial charge in [0.1, 0.15) is 0 Å². The maximum atomic E-state index is 9.06. The Bertz CT molecular complexity index is 258. The average molecular weight is 186 g/mol. The first-order valence-corrected chi connectivity index (χ1v) is 4.89. The van der Waals surface area contributed by atoms with Crippen molar-refractivity contribution in [3.63, 3.8) is 0 Å². The van der Waals surface area contributed by atoms with E-state index in [0.29, 0.717) is 0 Å². The summed E-state index contributed by atoms with van der Waals surface area (Å²) in [4.78, 5) is 0. The molecule has 0 radical (unpaired) electrons. The fourth-order valence-corrected chi connectivity index (χ4v) is 1.82. The average Bonchev–Trinajstić information content (AvgIpc) is 2.26. The first kappa shape index (κ1) is 9.61. The van der Waals surface area contributed by atoms with Gasteiger partial charge in [0.2, 0.25) is 0 Å². The van der Waals surface area contributed by atoms with Crippen LogP contribution in [0.25, 0.3) is 0 Å². The van der Waals surface area contributed by atoms with E-state index in [1.165, 1.54) is 0 Å². The topological polar surface area (TPSA) is 38.0 Å². The number of aliphatic hydroxyl groups excluding tert-OH is 1. The maximum absolute atomic E-state index is 9.06. The molecule has 1 atom stereocenters. The molecule has 1 aromatic rings. The Balaban J connectivity index is 2.57. The molecule has 3 nitrogen and oxygen atoms in total. The van der Waals surface area contributed by atoms with Crippen LogP contribution in [0.15, 0.2) is 11.1 Å². The Morgan fingerprint density at radius 2 is 2.42 bits per heavy atom. The molecule has 0 saturated heterocycles. The van der Waals surface area contributed by atoms with Crippen molar-refractivity contribution in [3.05, 3.63) is 11.8 Å². The lowest BCUT2D eigenvalue weighted by Gasteiger charge is -2.02. The largest absolute Gasteiger partial charge is 0.393 e. The molecule has 1 rings (SSSR count). The van der Waals surface area contributed by atoms with Crippen LogP contribution in [0, 0.1) is 6.92 Å². The van der Waals surface area contributed by atoms with Crippen LogP contribution < -0.4 is 0 Å². The van der Waals surface area contributed by atoms with Crippen molar-refractivity contribution in [2.45, 2.75) is 25.0 Å². The summed E-state index contributed by atoms with van der Waals surface area (Å²) in [7, 11) is 1.91. The molecule has 68 valence electrons. The summed E-state index contributed by atoms with van der Waals surface area (Å²) in [5.41, 5.74) is 1.02. The number of hydrogen-bond acceptors (Lipinski definition) is 3. The molecule has 0 spiro atoms. The standard InChI is InChI=1S/C8H14N2OS/c1-6-4-8(10(3)9-6)12-5-7(2)11/h4,7,11H,5H2,1-3H3/t7-/m1/s1. The van der Waals surface area contributed by atoms with Gasteiger partial charge in [0.05, 0.1) is 16.8 Å². The van der Waals surface area contributed by atoms with Gasteiger partial charge >= 0.3 is 0 Å². The maximum Gasteiger partial charge on any atom is 0.0940 e. The fourth-order valence-electron chi connectivity index (χ4n) is 0.928. The van der Waals surface area contributed by atoms with Gasteiger partial charge in [-0.2, -0.15) is 5.10 Å². The highest BCUT2D eigenvalue weighted by Gasteiger charge is 2.03. The summed E-state index contributed by atoms with van der Waals surface area (Å²) in [6, 6.07) is 2.02.